The second kappa shape index (κ2) is 6.99. The number of hydrogen-bond donors (Lipinski definition) is 0. The number of nitrogens with zero attached hydrogens (tertiary/aromatic N) is 2. The van der Waals surface area contributed by atoms with Gasteiger partial charge in [0.25, 0.3) is 5.91 Å². The first-order valence-electron chi connectivity index (χ1n) is 8.49. The Kier molecular flexibility index (Phi) is 5.48. The van der Waals surface area contributed by atoms with Gasteiger partial charge in [0.05, 0.1) is 6.04 Å². The van der Waals surface area contributed by atoms with Crippen molar-refractivity contribution in [3.63, 3.8) is 0 Å². The topological polar surface area (TPSA) is 49.9 Å². The first kappa shape index (κ1) is 17.3. The Balaban J connectivity index is 1.93. The summed E-state index contributed by atoms with van der Waals surface area (Å²) in [6.07, 6.45) is 2.27. The molecule has 0 saturated carbocycles. The molecule has 0 bridgehead atoms. The fourth-order valence-electron chi connectivity index (χ4n) is 3.79. The molecule has 2 aliphatic rings. The molecule has 2 saturated heterocycles. The third kappa shape index (κ3) is 3.29. The van der Waals surface area contributed by atoms with Gasteiger partial charge in [0, 0.05) is 32.7 Å². The minimum Gasteiger partial charge on any atom is -0.369 e. The molecule has 2 rings (SSSR count). The molecule has 0 spiro atoms. The molecular weight excluding hydrogens is 280 g/mol. The number of carbonyl (C=O) groups is 2. The van der Waals surface area contributed by atoms with Crippen LogP contribution in [0.25, 0.3) is 0 Å². The first-order valence-corrected chi connectivity index (χ1v) is 8.49. The largest absolute Gasteiger partial charge is 0.369 e. The molecule has 0 aromatic rings. The SMILES string of the molecule is COC1C(=O)N(C(C)C)C1C1CCN(C(=O)CC(C)C)CC1. The maximum absolute atomic E-state index is 12.2. The molecule has 5 nitrogen and oxygen atoms in total. The van der Waals surface area contributed by atoms with E-state index in [1.54, 1.807) is 7.11 Å². The van der Waals surface area contributed by atoms with Crippen LogP contribution in [0.4, 0.5) is 0 Å². The lowest BCUT2D eigenvalue weighted by atomic mass is 9.79. The highest BCUT2D eigenvalue weighted by Gasteiger charge is 2.52. The van der Waals surface area contributed by atoms with Crippen LogP contribution in [-0.4, -0.2) is 60.0 Å². The van der Waals surface area contributed by atoms with Gasteiger partial charge in [-0.05, 0) is 38.5 Å². The summed E-state index contributed by atoms with van der Waals surface area (Å²) in [5, 5.41) is 0. The maximum Gasteiger partial charge on any atom is 0.254 e. The fourth-order valence-corrected chi connectivity index (χ4v) is 3.79. The Labute approximate surface area is 134 Å². The summed E-state index contributed by atoms with van der Waals surface area (Å²) >= 11 is 0. The van der Waals surface area contributed by atoms with Gasteiger partial charge in [0.15, 0.2) is 6.10 Å². The molecule has 22 heavy (non-hydrogen) atoms. The molecule has 2 heterocycles. The molecule has 126 valence electrons. The highest BCUT2D eigenvalue weighted by molar-refractivity contribution is 5.88. The van der Waals surface area contributed by atoms with Crippen molar-refractivity contribution in [3.05, 3.63) is 0 Å². The number of methoxy groups -OCH3 is 1. The van der Waals surface area contributed by atoms with E-state index < -0.39 is 0 Å². The van der Waals surface area contributed by atoms with Crippen molar-refractivity contribution in [3.8, 4) is 0 Å². The van der Waals surface area contributed by atoms with Crippen molar-refractivity contribution >= 4 is 11.8 Å². The molecule has 0 aliphatic carbocycles. The van der Waals surface area contributed by atoms with Crippen LogP contribution in [0.5, 0.6) is 0 Å². The normalized spacial score (nSPS) is 26.8. The van der Waals surface area contributed by atoms with Crippen molar-refractivity contribution in [2.45, 2.75) is 65.1 Å². The average Bonchev–Trinajstić information content (AvgIpc) is 2.44. The monoisotopic (exact) mass is 310 g/mol. The van der Waals surface area contributed by atoms with Crippen LogP contribution in [0.15, 0.2) is 0 Å². The van der Waals surface area contributed by atoms with E-state index >= 15 is 0 Å². The predicted octanol–water partition coefficient (Wildman–Crippen LogP) is 1.91. The van der Waals surface area contributed by atoms with Crippen molar-refractivity contribution in [1.29, 1.82) is 0 Å². The van der Waals surface area contributed by atoms with E-state index in [1.807, 2.05) is 9.80 Å². The minimum absolute atomic E-state index is 0.112. The van der Waals surface area contributed by atoms with E-state index in [0.29, 0.717) is 18.3 Å². The molecule has 5 heteroatoms. The van der Waals surface area contributed by atoms with Gasteiger partial charge in [-0.2, -0.15) is 0 Å². The Hall–Kier alpha value is -1.10. The lowest BCUT2D eigenvalue weighted by Crippen LogP contribution is -2.70. The van der Waals surface area contributed by atoms with Crippen LogP contribution in [0.3, 0.4) is 0 Å². The standard InChI is InChI=1S/C17H30N2O3/c1-11(2)10-14(20)18-8-6-13(7-9-18)15-16(22-5)17(21)19(15)12(3)4/h11-13,15-16H,6-10H2,1-5H3. The van der Waals surface area contributed by atoms with Gasteiger partial charge in [-0.1, -0.05) is 13.8 Å². The maximum atomic E-state index is 12.2. The molecule has 2 unspecified atom stereocenters. The van der Waals surface area contributed by atoms with Crippen LogP contribution < -0.4 is 0 Å². The molecule has 2 atom stereocenters. The van der Waals surface area contributed by atoms with Gasteiger partial charge >= 0.3 is 0 Å². The van der Waals surface area contributed by atoms with E-state index in [1.165, 1.54) is 0 Å². The zero-order valence-electron chi connectivity index (χ0n) is 14.5. The smallest absolute Gasteiger partial charge is 0.254 e. The molecule has 2 aliphatic heterocycles. The summed E-state index contributed by atoms with van der Waals surface area (Å²) < 4.78 is 5.40. The number of rotatable bonds is 5. The van der Waals surface area contributed by atoms with Crippen molar-refractivity contribution in [2.24, 2.45) is 11.8 Å². The van der Waals surface area contributed by atoms with E-state index in [0.717, 1.165) is 25.9 Å². The predicted molar refractivity (Wildman–Crippen MR) is 85.3 cm³/mol. The summed E-state index contributed by atoms with van der Waals surface area (Å²) in [5.41, 5.74) is 0. The summed E-state index contributed by atoms with van der Waals surface area (Å²) in [7, 11) is 1.62. The van der Waals surface area contributed by atoms with E-state index in [-0.39, 0.29) is 30.0 Å². The summed E-state index contributed by atoms with van der Waals surface area (Å²) in [6.45, 7) is 9.88. The van der Waals surface area contributed by atoms with Crippen LogP contribution in [-0.2, 0) is 14.3 Å². The highest BCUT2D eigenvalue weighted by Crippen LogP contribution is 2.36. The quantitative estimate of drug-likeness (QED) is 0.729. The number of likely N-dealkylation sites (tertiary alicyclic amines) is 2. The summed E-state index contributed by atoms with van der Waals surface area (Å²) in [4.78, 5) is 28.2. The Bertz CT molecular complexity index is 414. The Morgan fingerprint density at radius 3 is 2.27 bits per heavy atom. The lowest BCUT2D eigenvalue weighted by molar-refractivity contribution is -0.182. The second-order valence-electron chi connectivity index (χ2n) is 7.30. The van der Waals surface area contributed by atoms with Crippen LogP contribution in [0.1, 0.15) is 47.0 Å². The molecule has 0 aromatic carbocycles. The van der Waals surface area contributed by atoms with Gasteiger partial charge in [0.2, 0.25) is 5.91 Å². The van der Waals surface area contributed by atoms with E-state index in [9.17, 15) is 9.59 Å². The van der Waals surface area contributed by atoms with Crippen molar-refractivity contribution in [2.75, 3.05) is 20.2 Å². The summed E-state index contributed by atoms with van der Waals surface area (Å²) in [6, 6.07) is 0.393. The van der Waals surface area contributed by atoms with Crippen LogP contribution in [0.2, 0.25) is 0 Å². The van der Waals surface area contributed by atoms with Gasteiger partial charge < -0.3 is 14.5 Å². The third-order valence-electron chi connectivity index (χ3n) is 4.90. The zero-order valence-corrected chi connectivity index (χ0v) is 14.5. The molecular formula is C17H30N2O3. The van der Waals surface area contributed by atoms with Gasteiger partial charge in [-0.15, -0.1) is 0 Å². The number of hydrogen-bond acceptors (Lipinski definition) is 3. The molecule has 2 amide bonds. The van der Waals surface area contributed by atoms with Gasteiger partial charge in [-0.25, -0.2) is 0 Å². The molecule has 0 radical (unpaired) electrons. The lowest BCUT2D eigenvalue weighted by Gasteiger charge is -2.53. The van der Waals surface area contributed by atoms with Crippen LogP contribution >= 0.6 is 0 Å². The van der Waals surface area contributed by atoms with E-state index in [4.69, 9.17) is 4.74 Å². The van der Waals surface area contributed by atoms with Crippen molar-refractivity contribution < 1.29 is 14.3 Å². The summed E-state index contributed by atoms with van der Waals surface area (Å²) in [5.74, 6) is 1.22. The number of carbonyl (C=O) groups excluding carboxylic acids is 2. The minimum atomic E-state index is -0.287. The number of ether oxygens (including phenoxy) is 1. The Morgan fingerprint density at radius 1 is 1.23 bits per heavy atom. The van der Waals surface area contributed by atoms with Crippen LogP contribution in [0, 0.1) is 11.8 Å². The second-order valence-corrected chi connectivity index (χ2v) is 7.30. The number of piperidine rings is 1. The fraction of sp³-hybridized carbons (Fsp3) is 0.882. The zero-order chi connectivity index (χ0) is 16.4. The third-order valence-corrected chi connectivity index (χ3v) is 4.90. The van der Waals surface area contributed by atoms with E-state index in [2.05, 4.69) is 27.7 Å². The van der Waals surface area contributed by atoms with Crippen molar-refractivity contribution in [1.82, 2.24) is 9.80 Å². The molecule has 0 aromatic heterocycles. The average molecular weight is 310 g/mol. The molecule has 0 N–H and O–H groups in total. The molecule has 2 fully saturated rings. The van der Waals surface area contributed by atoms with Gasteiger partial charge in [-0.3, -0.25) is 9.59 Å². The van der Waals surface area contributed by atoms with Gasteiger partial charge in [0.1, 0.15) is 0 Å². The number of β-lactam (4-membered cyclic amide) rings is 1. The Morgan fingerprint density at radius 2 is 1.82 bits per heavy atom. The highest BCUT2D eigenvalue weighted by atomic mass is 16.5. The number of amides is 2. The first-order chi connectivity index (χ1) is 10.4.